The molecule has 1 heterocycles. The van der Waals surface area contributed by atoms with Crippen molar-refractivity contribution in [2.45, 2.75) is 31.6 Å². The zero-order chi connectivity index (χ0) is 15.4. The lowest BCUT2D eigenvalue weighted by Gasteiger charge is -2.14. The van der Waals surface area contributed by atoms with E-state index in [-0.39, 0.29) is 5.75 Å². The van der Waals surface area contributed by atoms with Crippen molar-refractivity contribution < 1.29 is 5.11 Å². The smallest absolute Gasteiger partial charge is 0.132 e. The van der Waals surface area contributed by atoms with Gasteiger partial charge in [-0.25, -0.2) is 9.97 Å². The topological polar surface area (TPSA) is 84.1 Å². The van der Waals surface area contributed by atoms with Gasteiger partial charge >= 0.3 is 0 Å². The molecule has 0 bridgehead atoms. The highest BCUT2D eigenvalue weighted by Crippen LogP contribution is 2.35. The van der Waals surface area contributed by atoms with Gasteiger partial charge in [-0.05, 0) is 25.0 Å². The standard InChI is InChI=1S/C17H22N4O/c18-8-9-19-15-11-20-17(12-4-1-2-5-12)21-16(15)13-6-3-7-14(22)10-13/h3,6-7,10-12,19,22H,1-2,4-5,8-9,18H2. The van der Waals surface area contributed by atoms with Gasteiger partial charge in [0.25, 0.3) is 0 Å². The maximum atomic E-state index is 9.74. The number of benzene rings is 1. The molecule has 22 heavy (non-hydrogen) atoms. The van der Waals surface area contributed by atoms with Crippen molar-refractivity contribution in [3.63, 3.8) is 0 Å². The van der Waals surface area contributed by atoms with Crippen LogP contribution < -0.4 is 11.1 Å². The van der Waals surface area contributed by atoms with Gasteiger partial charge in [0.2, 0.25) is 0 Å². The van der Waals surface area contributed by atoms with Crippen molar-refractivity contribution in [2.75, 3.05) is 18.4 Å². The van der Waals surface area contributed by atoms with E-state index in [0.29, 0.717) is 19.0 Å². The molecule has 1 aromatic heterocycles. The van der Waals surface area contributed by atoms with Crippen LogP contribution in [0.4, 0.5) is 5.69 Å². The number of phenolic OH excluding ortho intramolecular Hbond substituents is 1. The quantitative estimate of drug-likeness (QED) is 0.790. The molecule has 1 saturated carbocycles. The third-order valence-electron chi connectivity index (χ3n) is 4.11. The van der Waals surface area contributed by atoms with Crippen LogP contribution in [0.25, 0.3) is 11.3 Å². The van der Waals surface area contributed by atoms with Crippen LogP contribution in [0, 0.1) is 0 Å². The Balaban J connectivity index is 2.00. The second-order valence-electron chi connectivity index (χ2n) is 5.74. The Labute approximate surface area is 130 Å². The van der Waals surface area contributed by atoms with E-state index in [9.17, 15) is 5.11 Å². The van der Waals surface area contributed by atoms with E-state index in [2.05, 4.69) is 10.3 Å². The number of hydrogen-bond donors (Lipinski definition) is 3. The number of anilines is 1. The second kappa shape index (κ2) is 6.75. The van der Waals surface area contributed by atoms with Crippen molar-refractivity contribution in [3.8, 4) is 17.0 Å². The molecule has 5 nitrogen and oxygen atoms in total. The normalized spacial score (nSPS) is 15.1. The number of nitrogens with one attached hydrogen (secondary N) is 1. The predicted molar refractivity (Wildman–Crippen MR) is 87.9 cm³/mol. The molecule has 4 N–H and O–H groups in total. The number of hydrogen-bond acceptors (Lipinski definition) is 5. The zero-order valence-corrected chi connectivity index (χ0v) is 12.6. The van der Waals surface area contributed by atoms with E-state index >= 15 is 0 Å². The Morgan fingerprint density at radius 3 is 2.82 bits per heavy atom. The van der Waals surface area contributed by atoms with Gasteiger partial charge in [0.15, 0.2) is 0 Å². The first-order chi connectivity index (χ1) is 10.8. The van der Waals surface area contributed by atoms with E-state index in [1.807, 2.05) is 18.3 Å². The first-order valence-corrected chi connectivity index (χ1v) is 7.88. The third-order valence-corrected chi connectivity index (χ3v) is 4.11. The summed E-state index contributed by atoms with van der Waals surface area (Å²) in [6.07, 6.45) is 6.67. The minimum Gasteiger partial charge on any atom is -0.508 e. The van der Waals surface area contributed by atoms with Gasteiger partial charge in [-0.3, -0.25) is 0 Å². The van der Waals surface area contributed by atoms with Crippen LogP contribution >= 0.6 is 0 Å². The second-order valence-corrected chi connectivity index (χ2v) is 5.74. The third kappa shape index (κ3) is 3.20. The van der Waals surface area contributed by atoms with E-state index in [0.717, 1.165) is 35.6 Å². The molecular weight excluding hydrogens is 276 g/mol. The monoisotopic (exact) mass is 298 g/mol. The van der Waals surface area contributed by atoms with Crippen LogP contribution in [0.5, 0.6) is 5.75 Å². The van der Waals surface area contributed by atoms with Crippen molar-refractivity contribution in [1.82, 2.24) is 9.97 Å². The van der Waals surface area contributed by atoms with Gasteiger partial charge in [0.05, 0.1) is 17.6 Å². The van der Waals surface area contributed by atoms with Crippen molar-refractivity contribution >= 4 is 5.69 Å². The van der Waals surface area contributed by atoms with Crippen LogP contribution in [0.15, 0.2) is 30.5 Å². The summed E-state index contributed by atoms with van der Waals surface area (Å²) in [5, 5.41) is 13.0. The molecule has 3 rings (SSSR count). The van der Waals surface area contributed by atoms with Gasteiger partial charge < -0.3 is 16.2 Å². The lowest BCUT2D eigenvalue weighted by molar-refractivity contribution is 0.475. The maximum absolute atomic E-state index is 9.74. The fourth-order valence-electron chi connectivity index (χ4n) is 2.99. The van der Waals surface area contributed by atoms with E-state index in [4.69, 9.17) is 10.7 Å². The lowest BCUT2D eigenvalue weighted by Crippen LogP contribution is -2.15. The molecule has 5 heteroatoms. The first-order valence-electron chi connectivity index (χ1n) is 7.88. The molecule has 0 saturated heterocycles. The lowest BCUT2D eigenvalue weighted by atomic mass is 10.1. The van der Waals surface area contributed by atoms with Gasteiger partial charge in [-0.2, -0.15) is 0 Å². The fourth-order valence-corrected chi connectivity index (χ4v) is 2.99. The Morgan fingerprint density at radius 2 is 2.09 bits per heavy atom. The Morgan fingerprint density at radius 1 is 1.27 bits per heavy atom. The van der Waals surface area contributed by atoms with E-state index < -0.39 is 0 Å². The maximum Gasteiger partial charge on any atom is 0.132 e. The number of rotatable bonds is 5. The molecule has 1 aromatic carbocycles. The Hall–Kier alpha value is -2.14. The van der Waals surface area contributed by atoms with E-state index in [1.165, 1.54) is 12.8 Å². The minimum absolute atomic E-state index is 0.239. The van der Waals surface area contributed by atoms with Crippen LogP contribution in [0.2, 0.25) is 0 Å². The molecule has 1 aliphatic carbocycles. The number of nitrogens with zero attached hydrogens (tertiary/aromatic N) is 2. The molecule has 2 aromatic rings. The summed E-state index contributed by atoms with van der Waals surface area (Å²) < 4.78 is 0. The highest BCUT2D eigenvalue weighted by molar-refractivity contribution is 5.74. The number of phenols is 1. The summed E-state index contributed by atoms with van der Waals surface area (Å²) >= 11 is 0. The van der Waals surface area contributed by atoms with Crippen molar-refractivity contribution in [3.05, 3.63) is 36.3 Å². The largest absolute Gasteiger partial charge is 0.508 e. The van der Waals surface area contributed by atoms with Crippen molar-refractivity contribution in [2.24, 2.45) is 5.73 Å². The predicted octanol–water partition coefficient (Wildman–Crippen LogP) is 2.88. The molecule has 0 unspecified atom stereocenters. The molecular formula is C17H22N4O. The summed E-state index contributed by atoms with van der Waals surface area (Å²) in [5.41, 5.74) is 8.16. The minimum atomic E-state index is 0.239. The molecule has 0 aliphatic heterocycles. The Bertz CT molecular complexity index is 638. The molecule has 1 aliphatic rings. The van der Waals surface area contributed by atoms with Gasteiger partial charge in [-0.15, -0.1) is 0 Å². The van der Waals surface area contributed by atoms with Gasteiger partial charge in [-0.1, -0.05) is 25.0 Å². The summed E-state index contributed by atoms with van der Waals surface area (Å²) in [7, 11) is 0. The fraction of sp³-hybridized carbons (Fsp3) is 0.412. The van der Waals surface area contributed by atoms with Crippen LogP contribution in [0.1, 0.15) is 37.4 Å². The highest BCUT2D eigenvalue weighted by atomic mass is 16.3. The SMILES string of the molecule is NCCNc1cnc(C2CCCC2)nc1-c1cccc(O)c1. The molecule has 1 fully saturated rings. The molecule has 0 atom stereocenters. The van der Waals surface area contributed by atoms with Crippen molar-refractivity contribution in [1.29, 1.82) is 0 Å². The van der Waals surface area contributed by atoms with Crippen LogP contribution in [-0.2, 0) is 0 Å². The average Bonchev–Trinajstić information content (AvgIpc) is 3.07. The highest BCUT2D eigenvalue weighted by Gasteiger charge is 2.21. The Kier molecular flexibility index (Phi) is 4.53. The summed E-state index contributed by atoms with van der Waals surface area (Å²) in [6.45, 7) is 1.21. The molecule has 0 radical (unpaired) electrons. The van der Waals surface area contributed by atoms with Gasteiger partial charge in [0, 0.05) is 24.6 Å². The van der Waals surface area contributed by atoms with Gasteiger partial charge in [0.1, 0.15) is 11.6 Å². The zero-order valence-electron chi connectivity index (χ0n) is 12.6. The summed E-state index contributed by atoms with van der Waals surface area (Å²) in [6, 6.07) is 7.17. The average molecular weight is 298 g/mol. The number of aromatic nitrogens is 2. The summed E-state index contributed by atoms with van der Waals surface area (Å²) in [5.74, 6) is 1.61. The molecule has 116 valence electrons. The summed E-state index contributed by atoms with van der Waals surface area (Å²) in [4.78, 5) is 9.34. The first kappa shape index (κ1) is 14.8. The number of aromatic hydroxyl groups is 1. The molecule has 0 amide bonds. The molecule has 0 spiro atoms. The van der Waals surface area contributed by atoms with Crippen LogP contribution in [0.3, 0.4) is 0 Å². The van der Waals surface area contributed by atoms with Crippen LogP contribution in [-0.4, -0.2) is 28.2 Å². The van der Waals surface area contributed by atoms with E-state index in [1.54, 1.807) is 12.1 Å². The number of nitrogens with two attached hydrogens (primary N) is 1.